The molecule has 0 amide bonds. The minimum Gasteiger partial charge on any atom is -0.494 e. The first-order valence-electron chi connectivity index (χ1n) is 7.83. The average Bonchev–Trinajstić information content (AvgIpc) is 2.47. The number of ether oxygens (including phenoxy) is 1. The molecule has 3 atom stereocenters. The number of aliphatic carboxylic acids is 1. The van der Waals surface area contributed by atoms with E-state index < -0.39 is 12.0 Å². The Hall–Kier alpha value is -1.55. The first-order chi connectivity index (χ1) is 10.1. The molecule has 0 radical (unpaired) electrons. The van der Waals surface area contributed by atoms with Crippen LogP contribution in [-0.2, 0) is 4.79 Å². The smallest absolute Gasteiger partial charge is 0.325 e. The van der Waals surface area contributed by atoms with E-state index in [9.17, 15) is 9.90 Å². The zero-order valence-electron chi connectivity index (χ0n) is 12.8. The van der Waals surface area contributed by atoms with E-state index in [0.717, 1.165) is 17.7 Å². The number of rotatable bonds is 6. The lowest BCUT2D eigenvalue weighted by atomic mass is 9.85. The van der Waals surface area contributed by atoms with Gasteiger partial charge < -0.3 is 9.84 Å². The van der Waals surface area contributed by atoms with Crippen LogP contribution in [0.2, 0.25) is 0 Å². The maximum Gasteiger partial charge on any atom is 0.325 e. The van der Waals surface area contributed by atoms with E-state index in [-0.39, 0.29) is 6.04 Å². The molecular weight excluding hydrogens is 266 g/mol. The number of hydrogen-bond acceptors (Lipinski definition) is 3. The van der Waals surface area contributed by atoms with E-state index in [0.29, 0.717) is 12.5 Å². The van der Waals surface area contributed by atoms with Gasteiger partial charge in [0.05, 0.1) is 6.61 Å². The molecule has 2 N–H and O–H groups in total. The molecule has 2 rings (SSSR count). The van der Waals surface area contributed by atoms with Gasteiger partial charge in [0.15, 0.2) is 0 Å². The predicted octanol–water partition coefficient (Wildman–Crippen LogP) is 3.38. The van der Waals surface area contributed by atoms with Crippen LogP contribution in [0.1, 0.15) is 51.1 Å². The fourth-order valence-electron chi connectivity index (χ4n) is 3.01. The first-order valence-corrected chi connectivity index (χ1v) is 7.83. The molecule has 1 saturated carbocycles. The maximum absolute atomic E-state index is 11.6. The van der Waals surface area contributed by atoms with Gasteiger partial charge in [0, 0.05) is 6.04 Å². The lowest BCUT2D eigenvalue weighted by molar-refractivity contribution is -0.140. The second kappa shape index (κ2) is 7.46. The molecule has 0 bridgehead atoms. The molecule has 1 aromatic rings. The predicted molar refractivity (Wildman–Crippen MR) is 82.5 cm³/mol. The van der Waals surface area contributed by atoms with Gasteiger partial charge in [0.2, 0.25) is 0 Å². The summed E-state index contributed by atoms with van der Waals surface area (Å²) in [5.41, 5.74) is 0.781. The van der Waals surface area contributed by atoms with Gasteiger partial charge in [-0.05, 0) is 43.4 Å². The number of carboxylic acids is 1. The van der Waals surface area contributed by atoms with Crippen LogP contribution < -0.4 is 10.1 Å². The van der Waals surface area contributed by atoms with Gasteiger partial charge >= 0.3 is 5.97 Å². The van der Waals surface area contributed by atoms with Crippen molar-refractivity contribution >= 4 is 5.97 Å². The van der Waals surface area contributed by atoms with Gasteiger partial charge in [-0.2, -0.15) is 0 Å². The van der Waals surface area contributed by atoms with Crippen LogP contribution in [0.15, 0.2) is 24.3 Å². The van der Waals surface area contributed by atoms with E-state index in [2.05, 4.69) is 12.2 Å². The largest absolute Gasteiger partial charge is 0.494 e. The first kappa shape index (κ1) is 15.8. The van der Waals surface area contributed by atoms with Gasteiger partial charge in [0.1, 0.15) is 11.8 Å². The zero-order chi connectivity index (χ0) is 15.2. The van der Waals surface area contributed by atoms with Crippen LogP contribution >= 0.6 is 0 Å². The minimum absolute atomic E-state index is 0.284. The monoisotopic (exact) mass is 291 g/mol. The number of benzene rings is 1. The Balaban J connectivity index is 2.09. The zero-order valence-corrected chi connectivity index (χ0v) is 12.8. The number of nitrogens with one attached hydrogen (secondary N) is 1. The second-order valence-electron chi connectivity index (χ2n) is 5.81. The van der Waals surface area contributed by atoms with Crippen LogP contribution in [0.5, 0.6) is 5.75 Å². The van der Waals surface area contributed by atoms with Crippen molar-refractivity contribution in [2.24, 2.45) is 5.92 Å². The Kier molecular flexibility index (Phi) is 5.62. The summed E-state index contributed by atoms with van der Waals surface area (Å²) in [6.07, 6.45) is 4.66. The highest BCUT2D eigenvalue weighted by atomic mass is 16.5. The third kappa shape index (κ3) is 4.21. The molecule has 4 heteroatoms. The fourth-order valence-corrected chi connectivity index (χ4v) is 3.01. The van der Waals surface area contributed by atoms with E-state index in [4.69, 9.17) is 4.74 Å². The van der Waals surface area contributed by atoms with E-state index in [1.165, 1.54) is 19.3 Å². The molecule has 0 spiro atoms. The van der Waals surface area contributed by atoms with Gasteiger partial charge in [-0.15, -0.1) is 0 Å². The Bertz CT molecular complexity index is 458. The van der Waals surface area contributed by atoms with Crippen molar-refractivity contribution in [1.29, 1.82) is 0 Å². The molecule has 1 aromatic carbocycles. The molecule has 4 nitrogen and oxygen atoms in total. The third-order valence-electron chi connectivity index (χ3n) is 4.26. The standard InChI is InChI=1S/C17H25NO3/c1-3-21-14-10-8-13(9-11-14)16(17(19)20)18-15-7-5-4-6-12(15)2/h8-12,15-16,18H,3-7H2,1-2H3,(H,19,20). The molecule has 0 aromatic heterocycles. The highest BCUT2D eigenvalue weighted by Gasteiger charge is 2.28. The molecule has 0 heterocycles. The van der Waals surface area contributed by atoms with E-state index in [1.807, 2.05) is 31.2 Å². The SMILES string of the molecule is CCOc1ccc(C(NC2CCCCC2C)C(=O)O)cc1. The molecule has 1 aliphatic carbocycles. The molecular formula is C17H25NO3. The summed E-state index contributed by atoms with van der Waals surface area (Å²) >= 11 is 0. The van der Waals surface area contributed by atoms with E-state index in [1.54, 1.807) is 0 Å². The van der Waals surface area contributed by atoms with Crippen molar-refractivity contribution in [2.45, 2.75) is 51.6 Å². The topological polar surface area (TPSA) is 58.6 Å². The fraction of sp³-hybridized carbons (Fsp3) is 0.588. The number of carbonyl (C=O) groups is 1. The third-order valence-corrected chi connectivity index (χ3v) is 4.26. The maximum atomic E-state index is 11.6. The van der Waals surface area contributed by atoms with Gasteiger partial charge in [-0.1, -0.05) is 31.9 Å². The summed E-state index contributed by atoms with van der Waals surface area (Å²) in [6, 6.07) is 6.98. The van der Waals surface area contributed by atoms with Crippen LogP contribution in [-0.4, -0.2) is 23.7 Å². The number of carboxylic acid groups (broad SMARTS) is 1. The quantitative estimate of drug-likeness (QED) is 0.843. The summed E-state index contributed by atoms with van der Waals surface area (Å²) in [5.74, 6) is 0.483. The Morgan fingerprint density at radius 2 is 2.00 bits per heavy atom. The lowest BCUT2D eigenvalue weighted by Crippen LogP contribution is -2.42. The molecule has 0 saturated heterocycles. The summed E-state index contributed by atoms with van der Waals surface area (Å²) in [4.78, 5) is 11.6. The molecule has 3 unspecified atom stereocenters. The van der Waals surface area contributed by atoms with Crippen molar-refractivity contribution < 1.29 is 14.6 Å². The van der Waals surface area contributed by atoms with Crippen LogP contribution in [0, 0.1) is 5.92 Å². The van der Waals surface area contributed by atoms with E-state index >= 15 is 0 Å². The van der Waals surface area contributed by atoms with Crippen molar-refractivity contribution in [1.82, 2.24) is 5.32 Å². The van der Waals surface area contributed by atoms with Gasteiger partial charge in [-0.25, -0.2) is 0 Å². The average molecular weight is 291 g/mol. The Morgan fingerprint density at radius 1 is 1.33 bits per heavy atom. The highest BCUT2D eigenvalue weighted by Crippen LogP contribution is 2.27. The summed E-state index contributed by atoms with van der Waals surface area (Å²) in [7, 11) is 0. The van der Waals surface area contributed by atoms with Crippen LogP contribution in [0.25, 0.3) is 0 Å². The molecule has 0 aliphatic heterocycles. The van der Waals surface area contributed by atoms with Gasteiger partial charge in [0.25, 0.3) is 0 Å². The van der Waals surface area contributed by atoms with Crippen molar-refractivity contribution in [3.63, 3.8) is 0 Å². The Labute approximate surface area is 126 Å². The molecule has 116 valence electrons. The van der Waals surface area contributed by atoms with Crippen LogP contribution in [0.3, 0.4) is 0 Å². The van der Waals surface area contributed by atoms with Crippen LogP contribution in [0.4, 0.5) is 0 Å². The van der Waals surface area contributed by atoms with Crippen molar-refractivity contribution in [3.05, 3.63) is 29.8 Å². The van der Waals surface area contributed by atoms with Crippen molar-refractivity contribution in [2.75, 3.05) is 6.61 Å². The summed E-state index contributed by atoms with van der Waals surface area (Å²) in [6.45, 7) is 4.74. The van der Waals surface area contributed by atoms with Crippen molar-refractivity contribution in [3.8, 4) is 5.75 Å². The second-order valence-corrected chi connectivity index (χ2v) is 5.81. The lowest BCUT2D eigenvalue weighted by Gasteiger charge is -2.32. The van der Waals surface area contributed by atoms with Gasteiger partial charge in [-0.3, -0.25) is 10.1 Å². The summed E-state index contributed by atoms with van der Waals surface area (Å²) in [5, 5.41) is 12.9. The highest BCUT2D eigenvalue weighted by molar-refractivity contribution is 5.75. The molecule has 1 fully saturated rings. The molecule has 21 heavy (non-hydrogen) atoms. The summed E-state index contributed by atoms with van der Waals surface area (Å²) < 4.78 is 5.40. The minimum atomic E-state index is -0.822. The Morgan fingerprint density at radius 3 is 2.57 bits per heavy atom. The normalized spacial score (nSPS) is 23.5. The molecule has 1 aliphatic rings. The number of hydrogen-bond donors (Lipinski definition) is 2.